The lowest BCUT2D eigenvalue weighted by molar-refractivity contribution is 0.0691. The van der Waals surface area contributed by atoms with E-state index in [1.165, 1.54) is 56.9 Å². The smallest absolute Gasteiger partial charge is 0.338 e. The van der Waals surface area contributed by atoms with Crippen LogP contribution >= 0.6 is 24.2 Å². The van der Waals surface area contributed by atoms with Crippen molar-refractivity contribution in [2.45, 2.75) is 44.9 Å². The van der Waals surface area contributed by atoms with E-state index in [0.29, 0.717) is 17.2 Å². The van der Waals surface area contributed by atoms with E-state index in [1.54, 1.807) is 11.3 Å². The van der Waals surface area contributed by atoms with Crippen LogP contribution in [0.15, 0.2) is 54.6 Å². The molecule has 3 N–H and O–H groups in total. The van der Waals surface area contributed by atoms with Gasteiger partial charge in [-0.15, -0.1) is 24.2 Å². The van der Waals surface area contributed by atoms with Crippen LogP contribution in [0.2, 0.25) is 0 Å². The van der Waals surface area contributed by atoms with Gasteiger partial charge in [0.05, 0.1) is 22.9 Å². The van der Waals surface area contributed by atoms with Crippen LogP contribution in [-0.2, 0) is 0 Å². The summed E-state index contributed by atoms with van der Waals surface area (Å²) in [5.41, 5.74) is 4.13. The van der Waals surface area contributed by atoms with Gasteiger partial charge < -0.3 is 9.84 Å². The first kappa shape index (κ1) is 27.1. The molecule has 5 rings (SSSR count). The highest BCUT2D eigenvalue weighted by Crippen LogP contribution is 2.39. The number of carbonyl (C=O) groups is 1. The second kappa shape index (κ2) is 12.1. The molecule has 0 radical (unpaired) electrons. The molecule has 1 heterocycles. The average Bonchev–Trinajstić information content (AvgIpc) is 3.37. The van der Waals surface area contributed by atoms with Gasteiger partial charge in [0.1, 0.15) is 16.6 Å². The van der Waals surface area contributed by atoms with Crippen molar-refractivity contribution in [3.05, 3.63) is 71.5 Å². The third kappa shape index (κ3) is 5.81. The number of methoxy groups -OCH3 is 1. The van der Waals surface area contributed by atoms with E-state index in [9.17, 15) is 14.3 Å². The Morgan fingerprint density at radius 2 is 1.76 bits per heavy atom. The predicted octanol–water partition coefficient (Wildman–Crippen LogP) is 7.95. The number of hydrogen-bond donors (Lipinski definition) is 3. The number of nitrogens with zero attached hydrogens (tertiary/aromatic N) is 1. The topological polar surface area (TPSA) is 85.4 Å². The summed E-state index contributed by atoms with van der Waals surface area (Å²) in [6.45, 7) is 2.30. The molecule has 0 amide bonds. The molecule has 3 aromatic carbocycles. The lowest BCUT2D eigenvalue weighted by Gasteiger charge is -2.28. The second-order valence-corrected chi connectivity index (χ2v) is 10.3. The summed E-state index contributed by atoms with van der Waals surface area (Å²) in [6, 6.07) is 17.0. The summed E-state index contributed by atoms with van der Waals surface area (Å²) < 4.78 is 20.8. The van der Waals surface area contributed by atoms with E-state index in [4.69, 9.17) is 9.72 Å². The van der Waals surface area contributed by atoms with Gasteiger partial charge in [-0.2, -0.15) is 0 Å². The molecule has 0 unspecified atom stereocenters. The summed E-state index contributed by atoms with van der Waals surface area (Å²) in [5, 5.41) is 14.3. The van der Waals surface area contributed by atoms with Gasteiger partial charge in [-0.3, -0.25) is 5.14 Å². The Morgan fingerprint density at radius 1 is 1.08 bits per heavy atom. The molecular weight excluding hydrogens is 507 g/mol. The number of halogens is 1. The minimum atomic E-state index is -1.33. The minimum absolute atomic E-state index is 0.308. The van der Waals surface area contributed by atoms with Crippen LogP contribution in [0.1, 0.15) is 60.9 Å². The van der Waals surface area contributed by atoms with E-state index < -0.39 is 17.3 Å². The lowest BCUT2D eigenvalue weighted by Crippen LogP contribution is -2.12. The molecule has 194 valence electrons. The largest absolute Gasteiger partial charge is 0.496 e. The first-order valence-corrected chi connectivity index (χ1v) is 13.7. The van der Waals surface area contributed by atoms with Gasteiger partial charge in [-0.25, -0.2) is 14.2 Å². The van der Waals surface area contributed by atoms with E-state index >= 15 is 0 Å². The number of aromatic carboxylic acids is 1. The van der Waals surface area contributed by atoms with Gasteiger partial charge in [-0.1, -0.05) is 43.7 Å². The van der Waals surface area contributed by atoms with Crippen LogP contribution in [-0.4, -0.2) is 23.2 Å². The lowest BCUT2D eigenvalue weighted by atomic mass is 9.78. The van der Waals surface area contributed by atoms with Gasteiger partial charge in [0.2, 0.25) is 0 Å². The van der Waals surface area contributed by atoms with E-state index in [0.717, 1.165) is 32.3 Å². The number of thiazole rings is 1. The number of carboxylic acid groups (broad SMARTS) is 1. The van der Waals surface area contributed by atoms with Crippen LogP contribution < -0.4 is 9.88 Å². The van der Waals surface area contributed by atoms with Gasteiger partial charge in [0.15, 0.2) is 0 Å². The molecule has 0 bridgehead atoms. The monoisotopic (exact) mass is 538 g/mol. The zero-order valence-electron chi connectivity index (χ0n) is 20.9. The summed E-state index contributed by atoms with van der Waals surface area (Å²) in [5.74, 6) is -0.262. The number of aromatic nitrogens is 1. The fourth-order valence-corrected chi connectivity index (χ4v) is 6.08. The van der Waals surface area contributed by atoms with E-state index in [2.05, 4.69) is 49.1 Å². The van der Waals surface area contributed by atoms with Crippen molar-refractivity contribution in [2.75, 3.05) is 7.11 Å². The first-order valence-electron chi connectivity index (χ1n) is 12.3. The number of fused-ring (bicyclic) bond motifs is 1. The molecule has 4 aromatic rings. The third-order valence-corrected chi connectivity index (χ3v) is 8.36. The Kier molecular flexibility index (Phi) is 8.84. The molecule has 5 nitrogen and oxygen atoms in total. The Bertz CT molecular complexity index is 1380. The van der Waals surface area contributed by atoms with Crippen molar-refractivity contribution in [1.82, 2.24) is 4.98 Å². The molecule has 0 spiro atoms. The molecule has 1 aliphatic rings. The third-order valence-electron chi connectivity index (χ3n) is 7.27. The average molecular weight is 539 g/mol. The van der Waals surface area contributed by atoms with Crippen molar-refractivity contribution in [1.29, 1.82) is 0 Å². The fourth-order valence-electron chi connectivity index (χ4n) is 5.13. The number of rotatable bonds is 6. The highest BCUT2D eigenvalue weighted by atomic mass is 32.1. The van der Waals surface area contributed by atoms with Gasteiger partial charge >= 0.3 is 5.97 Å². The molecule has 1 fully saturated rings. The van der Waals surface area contributed by atoms with Gasteiger partial charge in [-0.05, 0) is 72.9 Å². The SMILES string of the molecule is CCC1CCC(c2ccc(-c3nc4cc(-c5cc(F)c(C(=O)O)cc5OC)ccc4s3)cc2)CC1.NS. The standard InChI is InChI=1S/C29H28FNO3S.H3NS/c1-3-17-4-6-18(7-5-17)19-8-10-20(11-9-19)28-31-25-14-21(12-13-27(25)35-28)22-15-24(30)23(29(32)33)16-26(22)34-2;1-2/h8-18H,3-7H2,1-2H3,(H,32,33);2H,1H2. The van der Waals surface area contributed by atoms with Crippen LogP contribution in [0.4, 0.5) is 4.39 Å². The Balaban J connectivity index is 0.00000156. The van der Waals surface area contributed by atoms with Crippen LogP contribution in [0, 0.1) is 11.7 Å². The summed E-state index contributed by atoms with van der Waals surface area (Å²) in [4.78, 5) is 16.1. The number of ether oxygens (including phenoxy) is 1. The minimum Gasteiger partial charge on any atom is -0.496 e. The normalized spacial score (nSPS) is 17.2. The molecule has 0 saturated heterocycles. The number of nitrogens with two attached hydrogens (primary N) is 1. The summed E-state index contributed by atoms with van der Waals surface area (Å²) >= 11 is 4.65. The van der Waals surface area contributed by atoms with Crippen molar-refractivity contribution < 1.29 is 19.0 Å². The van der Waals surface area contributed by atoms with Crippen LogP contribution in [0.5, 0.6) is 5.75 Å². The highest BCUT2D eigenvalue weighted by molar-refractivity contribution is 7.77. The second-order valence-electron chi connectivity index (χ2n) is 9.29. The molecule has 37 heavy (non-hydrogen) atoms. The Labute approximate surface area is 226 Å². The zero-order valence-corrected chi connectivity index (χ0v) is 22.6. The first-order chi connectivity index (χ1) is 18.0. The maximum absolute atomic E-state index is 14.4. The number of hydrogen-bond acceptors (Lipinski definition) is 6. The van der Waals surface area contributed by atoms with Crippen molar-refractivity contribution in [3.63, 3.8) is 0 Å². The number of benzene rings is 3. The fraction of sp³-hybridized carbons (Fsp3) is 0.310. The Hall–Kier alpha value is -2.94. The number of carboxylic acids is 1. The van der Waals surface area contributed by atoms with Gasteiger partial charge in [0.25, 0.3) is 0 Å². The maximum atomic E-state index is 14.4. The summed E-state index contributed by atoms with van der Waals surface area (Å²) in [6.07, 6.45) is 6.51. The van der Waals surface area contributed by atoms with E-state index in [-0.39, 0.29) is 0 Å². The molecule has 1 aromatic heterocycles. The summed E-state index contributed by atoms with van der Waals surface area (Å²) in [7, 11) is 1.45. The maximum Gasteiger partial charge on any atom is 0.338 e. The number of thiol groups is 1. The quantitative estimate of drug-likeness (QED) is 0.217. The molecular formula is C29H31FN2O3S2. The van der Waals surface area contributed by atoms with Gasteiger partial charge in [0, 0.05) is 11.1 Å². The molecule has 0 atom stereocenters. The van der Waals surface area contributed by atoms with Crippen LogP contribution in [0.3, 0.4) is 0 Å². The molecule has 1 saturated carbocycles. The zero-order chi connectivity index (χ0) is 26.5. The Morgan fingerprint density at radius 3 is 2.38 bits per heavy atom. The highest BCUT2D eigenvalue weighted by Gasteiger charge is 2.21. The molecule has 1 aliphatic carbocycles. The van der Waals surface area contributed by atoms with Crippen molar-refractivity contribution >= 4 is 40.3 Å². The predicted molar refractivity (Wildman–Crippen MR) is 152 cm³/mol. The van der Waals surface area contributed by atoms with E-state index in [1.807, 2.05) is 18.2 Å². The molecule has 8 heteroatoms. The van der Waals surface area contributed by atoms with Crippen molar-refractivity contribution in [2.24, 2.45) is 11.1 Å². The molecule has 0 aliphatic heterocycles. The van der Waals surface area contributed by atoms with Crippen molar-refractivity contribution in [3.8, 4) is 27.4 Å². The van der Waals surface area contributed by atoms with Crippen LogP contribution in [0.25, 0.3) is 31.9 Å².